The fraction of sp³-hybridized carbons (Fsp3) is 0.0500. The molecule has 0 aliphatic rings. The molecule has 0 aliphatic carbocycles. The van der Waals surface area contributed by atoms with Gasteiger partial charge in [-0.1, -0.05) is 6.07 Å². The highest BCUT2D eigenvalue weighted by molar-refractivity contribution is 7.86. The second kappa shape index (κ2) is 7.95. The predicted molar refractivity (Wildman–Crippen MR) is 111 cm³/mol. The molecule has 0 aliphatic heterocycles. The van der Waals surface area contributed by atoms with Gasteiger partial charge in [0.05, 0.1) is 23.3 Å². The molecule has 4 rings (SSSR count). The van der Waals surface area contributed by atoms with E-state index in [0.29, 0.717) is 43.4 Å². The highest BCUT2D eigenvalue weighted by Gasteiger charge is 2.16. The highest BCUT2D eigenvalue weighted by Crippen LogP contribution is 2.35. The molecule has 0 fully saturated rings. The van der Waals surface area contributed by atoms with E-state index in [1.807, 2.05) is 0 Å². The number of hydrogen-bond acceptors (Lipinski definition) is 6. The predicted octanol–water partition coefficient (Wildman–Crippen LogP) is 4.51. The van der Waals surface area contributed by atoms with Crippen LogP contribution in [0.4, 0.5) is 9.52 Å². The van der Waals surface area contributed by atoms with Crippen molar-refractivity contribution in [1.29, 1.82) is 5.26 Å². The molecule has 6 nitrogen and oxygen atoms in total. The van der Waals surface area contributed by atoms with E-state index < -0.39 is 16.8 Å². The van der Waals surface area contributed by atoms with Crippen LogP contribution in [0.25, 0.3) is 22.0 Å². The van der Waals surface area contributed by atoms with Gasteiger partial charge in [-0.15, -0.1) is 11.3 Å². The Balaban J connectivity index is 1.85. The number of rotatable bonds is 5. The third-order valence-electron chi connectivity index (χ3n) is 4.22. The zero-order chi connectivity index (χ0) is 20.4. The molecule has 0 spiro atoms. The van der Waals surface area contributed by atoms with Crippen molar-refractivity contribution in [2.24, 2.45) is 0 Å². The van der Waals surface area contributed by atoms with Crippen LogP contribution in [0.15, 0.2) is 59.1 Å². The van der Waals surface area contributed by atoms with Gasteiger partial charge in [0.1, 0.15) is 17.6 Å². The van der Waals surface area contributed by atoms with Gasteiger partial charge in [-0.3, -0.25) is 9.71 Å². The van der Waals surface area contributed by atoms with Crippen LogP contribution in [0.1, 0.15) is 5.56 Å². The topological polar surface area (TPSA) is 87.9 Å². The minimum absolute atomic E-state index is 0.335. The van der Waals surface area contributed by atoms with Crippen molar-refractivity contribution >= 4 is 38.2 Å². The third kappa shape index (κ3) is 3.68. The Labute approximate surface area is 172 Å². The van der Waals surface area contributed by atoms with Crippen LogP contribution >= 0.6 is 11.3 Å². The van der Waals surface area contributed by atoms with Gasteiger partial charge in [-0.25, -0.2) is 13.6 Å². The first-order valence-electron chi connectivity index (χ1n) is 8.35. The first kappa shape index (κ1) is 19.0. The highest BCUT2D eigenvalue weighted by atomic mass is 32.2. The lowest BCUT2D eigenvalue weighted by Gasteiger charge is -2.12. The number of fused-ring (bicyclic) bond motifs is 1. The maximum absolute atomic E-state index is 13.6. The first-order valence-corrected chi connectivity index (χ1v) is 10.4. The standard InChI is InChI=1S/C20H13FN4O2S2/c1-27-18-8-13(21)2-4-16(18)19-15-5-3-14(9-17(15)12(10-22)11-24-19)29(26)25-20-23-6-7-28-20/h2-9,11H,1H3,(H,23,25). The first-order chi connectivity index (χ1) is 14.1. The summed E-state index contributed by atoms with van der Waals surface area (Å²) in [6.45, 7) is 0. The molecule has 1 unspecified atom stereocenters. The average Bonchev–Trinajstić information content (AvgIpc) is 3.25. The molecule has 0 amide bonds. The van der Waals surface area contributed by atoms with Gasteiger partial charge in [0.15, 0.2) is 16.1 Å². The maximum atomic E-state index is 13.6. The molecule has 0 bridgehead atoms. The quantitative estimate of drug-likeness (QED) is 0.509. The van der Waals surface area contributed by atoms with E-state index in [1.54, 1.807) is 35.8 Å². The van der Waals surface area contributed by atoms with Gasteiger partial charge in [0.25, 0.3) is 0 Å². The number of nitrogens with zero attached hydrogens (tertiary/aromatic N) is 3. The molecule has 0 radical (unpaired) electrons. The van der Waals surface area contributed by atoms with Crippen molar-refractivity contribution in [2.45, 2.75) is 4.90 Å². The number of halogens is 1. The van der Waals surface area contributed by atoms with Crippen molar-refractivity contribution < 1.29 is 13.3 Å². The Morgan fingerprint density at radius 1 is 1.21 bits per heavy atom. The van der Waals surface area contributed by atoms with E-state index in [-0.39, 0.29) is 0 Å². The summed E-state index contributed by atoms with van der Waals surface area (Å²) < 4.78 is 34.4. The van der Waals surface area contributed by atoms with Crippen LogP contribution in [-0.4, -0.2) is 21.3 Å². The van der Waals surface area contributed by atoms with Gasteiger partial charge in [0, 0.05) is 40.2 Å². The molecule has 0 saturated carbocycles. The number of thiazole rings is 1. The van der Waals surface area contributed by atoms with Crippen LogP contribution < -0.4 is 9.46 Å². The Bertz CT molecular complexity index is 1270. The monoisotopic (exact) mass is 424 g/mol. The second-order valence-electron chi connectivity index (χ2n) is 5.89. The number of nitrogens with one attached hydrogen (secondary N) is 1. The molecule has 1 N–H and O–H groups in total. The molecule has 1 atom stereocenters. The van der Waals surface area contributed by atoms with Crippen molar-refractivity contribution in [1.82, 2.24) is 9.97 Å². The molecule has 9 heteroatoms. The zero-order valence-corrected chi connectivity index (χ0v) is 16.7. The molecule has 2 aromatic carbocycles. The molecule has 2 heterocycles. The fourth-order valence-electron chi connectivity index (χ4n) is 2.91. The number of nitriles is 1. The Kier molecular flexibility index (Phi) is 5.20. The molecule has 0 saturated heterocycles. The summed E-state index contributed by atoms with van der Waals surface area (Å²) >= 11 is 1.34. The minimum Gasteiger partial charge on any atom is -0.496 e. The summed E-state index contributed by atoms with van der Waals surface area (Å²) in [5, 5.41) is 13.1. The van der Waals surface area contributed by atoms with Gasteiger partial charge in [-0.05, 0) is 24.3 Å². The van der Waals surface area contributed by atoms with E-state index in [1.165, 1.54) is 36.8 Å². The summed E-state index contributed by atoms with van der Waals surface area (Å²) in [4.78, 5) is 8.95. The number of pyridine rings is 1. The number of methoxy groups -OCH3 is 1. The lowest BCUT2D eigenvalue weighted by Crippen LogP contribution is -2.04. The normalized spacial score (nSPS) is 11.8. The Morgan fingerprint density at radius 2 is 2.07 bits per heavy atom. The van der Waals surface area contributed by atoms with Crippen LogP contribution in [0.2, 0.25) is 0 Å². The van der Waals surface area contributed by atoms with E-state index in [9.17, 15) is 13.9 Å². The molecule has 4 aromatic rings. The SMILES string of the molecule is COc1cc(F)ccc1-c1ncc(C#N)c2cc(S(=O)Nc3nccs3)ccc12. The van der Waals surface area contributed by atoms with Crippen molar-refractivity contribution in [3.05, 3.63) is 65.6 Å². The maximum Gasteiger partial charge on any atom is 0.194 e. The van der Waals surface area contributed by atoms with Crippen molar-refractivity contribution in [3.8, 4) is 23.1 Å². The number of hydrogen-bond donors (Lipinski definition) is 1. The van der Waals surface area contributed by atoms with Crippen LogP contribution in [0.3, 0.4) is 0 Å². The molecular weight excluding hydrogens is 411 g/mol. The van der Waals surface area contributed by atoms with E-state index >= 15 is 0 Å². The van der Waals surface area contributed by atoms with E-state index in [0.717, 1.165) is 0 Å². The van der Waals surface area contributed by atoms with Crippen molar-refractivity contribution in [2.75, 3.05) is 11.8 Å². The second-order valence-corrected chi connectivity index (χ2v) is 8.00. The molecule has 2 aromatic heterocycles. The molecule has 29 heavy (non-hydrogen) atoms. The lowest BCUT2D eigenvalue weighted by atomic mass is 10.0. The summed E-state index contributed by atoms with van der Waals surface area (Å²) in [6, 6.07) is 11.4. The number of anilines is 1. The van der Waals surface area contributed by atoms with Crippen LogP contribution in [-0.2, 0) is 11.0 Å². The summed E-state index contributed by atoms with van der Waals surface area (Å²) in [6.07, 6.45) is 3.06. The van der Waals surface area contributed by atoms with Gasteiger partial charge < -0.3 is 4.74 Å². The molecular formula is C20H13FN4O2S2. The fourth-order valence-corrected chi connectivity index (χ4v) is 4.45. The zero-order valence-electron chi connectivity index (χ0n) is 15.0. The number of aromatic nitrogens is 2. The molecule has 144 valence electrons. The van der Waals surface area contributed by atoms with Crippen LogP contribution in [0.5, 0.6) is 5.75 Å². The van der Waals surface area contributed by atoms with Gasteiger partial charge in [-0.2, -0.15) is 5.26 Å². The van der Waals surface area contributed by atoms with E-state index in [2.05, 4.69) is 20.8 Å². The Morgan fingerprint density at radius 3 is 2.79 bits per heavy atom. The van der Waals surface area contributed by atoms with Crippen LogP contribution in [0, 0.1) is 17.1 Å². The minimum atomic E-state index is -1.55. The van der Waals surface area contributed by atoms with E-state index in [4.69, 9.17) is 4.74 Å². The Hall–Kier alpha value is -3.35. The average molecular weight is 424 g/mol. The third-order valence-corrected chi connectivity index (χ3v) is 6.10. The van der Waals surface area contributed by atoms with Gasteiger partial charge in [0.2, 0.25) is 0 Å². The largest absolute Gasteiger partial charge is 0.496 e. The van der Waals surface area contributed by atoms with Crippen molar-refractivity contribution in [3.63, 3.8) is 0 Å². The number of ether oxygens (including phenoxy) is 1. The smallest absolute Gasteiger partial charge is 0.194 e. The lowest BCUT2D eigenvalue weighted by molar-refractivity contribution is 0.413. The summed E-state index contributed by atoms with van der Waals surface area (Å²) in [5.74, 6) is -0.0870. The summed E-state index contributed by atoms with van der Waals surface area (Å²) in [7, 11) is -0.0914. The number of benzene rings is 2. The van der Waals surface area contributed by atoms with Gasteiger partial charge >= 0.3 is 0 Å². The summed E-state index contributed by atoms with van der Waals surface area (Å²) in [5.41, 5.74) is 1.48.